The van der Waals surface area contributed by atoms with Gasteiger partial charge >= 0.3 is 0 Å². The fraction of sp³-hybridized carbons (Fsp3) is 0.750. The van der Waals surface area contributed by atoms with Crippen LogP contribution in [0.5, 0.6) is 0 Å². The first-order valence-electron chi connectivity index (χ1n) is 4.05. The number of rotatable bonds is 4. The lowest BCUT2D eigenvalue weighted by molar-refractivity contribution is -0.137. The Hall–Kier alpha value is -1.10. The third kappa shape index (κ3) is 5.19. The fourth-order valence-electron chi connectivity index (χ4n) is 0.753. The SMILES string of the molecule is CC(CC(N)=O)NC(=O)C(C)(C)O. The van der Waals surface area contributed by atoms with E-state index in [9.17, 15) is 14.7 Å². The molecule has 2 amide bonds. The third-order valence-corrected chi connectivity index (χ3v) is 1.44. The molecule has 1 unspecified atom stereocenters. The molecule has 5 nitrogen and oxygen atoms in total. The minimum Gasteiger partial charge on any atom is -0.381 e. The van der Waals surface area contributed by atoms with Crippen molar-refractivity contribution in [3.63, 3.8) is 0 Å². The van der Waals surface area contributed by atoms with E-state index in [1.165, 1.54) is 13.8 Å². The van der Waals surface area contributed by atoms with Crippen molar-refractivity contribution in [2.75, 3.05) is 0 Å². The second-order valence-electron chi connectivity index (χ2n) is 3.60. The van der Waals surface area contributed by atoms with Crippen molar-refractivity contribution < 1.29 is 14.7 Å². The van der Waals surface area contributed by atoms with Gasteiger partial charge in [0.25, 0.3) is 5.91 Å². The van der Waals surface area contributed by atoms with E-state index in [0.29, 0.717) is 0 Å². The highest BCUT2D eigenvalue weighted by Crippen LogP contribution is 2.01. The Morgan fingerprint density at radius 2 is 2.00 bits per heavy atom. The molecule has 1 atom stereocenters. The van der Waals surface area contributed by atoms with Crippen molar-refractivity contribution in [1.29, 1.82) is 0 Å². The molecule has 0 bridgehead atoms. The molecule has 0 aromatic carbocycles. The predicted molar refractivity (Wildman–Crippen MR) is 47.7 cm³/mol. The summed E-state index contributed by atoms with van der Waals surface area (Å²) in [5.41, 5.74) is 3.50. The van der Waals surface area contributed by atoms with Gasteiger partial charge in [0.2, 0.25) is 5.91 Å². The first-order valence-corrected chi connectivity index (χ1v) is 4.05. The summed E-state index contributed by atoms with van der Waals surface area (Å²) in [7, 11) is 0. The molecule has 0 heterocycles. The summed E-state index contributed by atoms with van der Waals surface area (Å²) < 4.78 is 0. The van der Waals surface area contributed by atoms with E-state index in [-0.39, 0.29) is 12.5 Å². The molecule has 0 aromatic rings. The number of aliphatic hydroxyl groups is 1. The first-order chi connectivity index (χ1) is 5.73. The minimum absolute atomic E-state index is 0.0713. The van der Waals surface area contributed by atoms with Crippen LogP contribution in [-0.2, 0) is 9.59 Å². The Kier molecular flexibility index (Phi) is 3.87. The highest BCUT2D eigenvalue weighted by molar-refractivity contribution is 5.84. The zero-order valence-corrected chi connectivity index (χ0v) is 8.13. The van der Waals surface area contributed by atoms with Gasteiger partial charge < -0.3 is 16.2 Å². The number of primary amides is 1. The summed E-state index contributed by atoms with van der Waals surface area (Å²) in [6, 6.07) is -0.351. The third-order valence-electron chi connectivity index (χ3n) is 1.44. The lowest BCUT2D eigenvalue weighted by Gasteiger charge is -2.19. The van der Waals surface area contributed by atoms with Crippen molar-refractivity contribution in [2.24, 2.45) is 5.73 Å². The van der Waals surface area contributed by atoms with Crippen molar-refractivity contribution in [2.45, 2.75) is 38.8 Å². The van der Waals surface area contributed by atoms with Crippen molar-refractivity contribution in [3.05, 3.63) is 0 Å². The van der Waals surface area contributed by atoms with Crippen molar-refractivity contribution in [1.82, 2.24) is 5.32 Å². The highest BCUT2D eigenvalue weighted by Gasteiger charge is 2.25. The highest BCUT2D eigenvalue weighted by atomic mass is 16.3. The Balaban J connectivity index is 4.00. The normalized spacial score (nSPS) is 13.5. The minimum atomic E-state index is -1.42. The zero-order chi connectivity index (χ0) is 10.6. The molecule has 13 heavy (non-hydrogen) atoms. The van der Waals surface area contributed by atoms with Gasteiger partial charge in [-0.05, 0) is 20.8 Å². The van der Waals surface area contributed by atoms with Crippen LogP contribution in [0.15, 0.2) is 0 Å². The van der Waals surface area contributed by atoms with Crippen LogP contribution in [0.4, 0.5) is 0 Å². The van der Waals surface area contributed by atoms with E-state index in [0.717, 1.165) is 0 Å². The second kappa shape index (κ2) is 4.23. The van der Waals surface area contributed by atoms with Gasteiger partial charge in [0, 0.05) is 12.5 Å². The number of hydrogen-bond donors (Lipinski definition) is 3. The van der Waals surface area contributed by atoms with Crippen LogP contribution in [0.25, 0.3) is 0 Å². The van der Waals surface area contributed by atoms with Gasteiger partial charge in [-0.2, -0.15) is 0 Å². The molecule has 0 aliphatic carbocycles. The zero-order valence-electron chi connectivity index (χ0n) is 8.13. The van der Waals surface area contributed by atoms with E-state index in [4.69, 9.17) is 5.73 Å². The average molecular weight is 188 g/mol. The maximum Gasteiger partial charge on any atom is 0.251 e. The van der Waals surface area contributed by atoms with Crippen LogP contribution in [0.1, 0.15) is 27.2 Å². The molecule has 5 heteroatoms. The quantitative estimate of drug-likeness (QED) is 0.536. The molecule has 0 aromatic heterocycles. The summed E-state index contributed by atoms with van der Waals surface area (Å²) in [5.74, 6) is -0.996. The molecular weight excluding hydrogens is 172 g/mol. The van der Waals surface area contributed by atoms with Crippen LogP contribution in [0, 0.1) is 0 Å². The van der Waals surface area contributed by atoms with Gasteiger partial charge in [0.05, 0.1) is 0 Å². The fourth-order valence-corrected chi connectivity index (χ4v) is 0.753. The van der Waals surface area contributed by atoms with Crippen LogP contribution in [0.2, 0.25) is 0 Å². The van der Waals surface area contributed by atoms with Gasteiger partial charge in [-0.25, -0.2) is 0 Å². The topological polar surface area (TPSA) is 92.4 Å². The lowest BCUT2D eigenvalue weighted by atomic mass is 10.1. The van der Waals surface area contributed by atoms with E-state index >= 15 is 0 Å². The summed E-state index contributed by atoms with van der Waals surface area (Å²) in [4.78, 5) is 21.6. The lowest BCUT2D eigenvalue weighted by Crippen LogP contribution is -2.46. The summed E-state index contributed by atoms with van der Waals surface area (Å²) in [5, 5.41) is 11.7. The van der Waals surface area contributed by atoms with Crippen LogP contribution < -0.4 is 11.1 Å². The molecule has 0 radical (unpaired) electrons. The van der Waals surface area contributed by atoms with E-state index < -0.39 is 17.4 Å². The molecule has 0 aliphatic rings. The van der Waals surface area contributed by atoms with Crippen molar-refractivity contribution in [3.8, 4) is 0 Å². The standard InChI is InChI=1S/C8H16N2O3/c1-5(4-6(9)11)10-7(12)8(2,3)13/h5,13H,4H2,1-3H3,(H2,9,11)(H,10,12). The smallest absolute Gasteiger partial charge is 0.251 e. The van der Waals surface area contributed by atoms with E-state index in [1.54, 1.807) is 6.92 Å². The maximum absolute atomic E-state index is 11.1. The van der Waals surface area contributed by atoms with Crippen LogP contribution in [-0.4, -0.2) is 28.6 Å². The molecule has 0 saturated heterocycles. The number of carbonyl (C=O) groups is 2. The monoisotopic (exact) mass is 188 g/mol. The van der Waals surface area contributed by atoms with E-state index in [1.807, 2.05) is 0 Å². The van der Waals surface area contributed by atoms with Crippen LogP contribution >= 0.6 is 0 Å². The number of hydrogen-bond acceptors (Lipinski definition) is 3. The number of amides is 2. The molecule has 76 valence electrons. The molecule has 0 rings (SSSR count). The van der Waals surface area contributed by atoms with Gasteiger partial charge in [-0.1, -0.05) is 0 Å². The van der Waals surface area contributed by atoms with Crippen molar-refractivity contribution >= 4 is 11.8 Å². The van der Waals surface area contributed by atoms with Gasteiger partial charge in [0.1, 0.15) is 5.60 Å². The predicted octanol–water partition coefficient (Wildman–Crippen LogP) is -0.863. The Morgan fingerprint density at radius 3 is 2.31 bits per heavy atom. The number of nitrogens with one attached hydrogen (secondary N) is 1. The van der Waals surface area contributed by atoms with E-state index in [2.05, 4.69) is 5.32 Å². The molecule has 0 spiro atoms. The Labute approximate surface area is 77.3 Å². The maximum atomic E-state index is 11.1. The Bertz CT molecular complexity index is 208. The number of nitrogens with two attached hydrogens (primary N) is 1. The largest absolute Gasteiger partial charge is 0.381 e. The molecule has 4 N–H and O–H groups in total. The number of carbonyl (C=O) groups excluding carboxylic acids is 2. The molecular formula is C8H16N2O3. The van der Waals surface area contributed by atoms with Gasteiger partial charge in [0.15, 0.2) is 0 Å². The molecule has 0 fully saturated rings. The summed E-state index contributed by atoms with van der Waals surface area (Å²) in [6.45, 7) is 4.40. The molecule has 0 aliphatic heterocycles. The average Bonchev–Trinajstić information content (AvgIpc) is 1.82. The van der Waals surface area contributed by atoms with Gasteiger partial charge in [-0.15, -0.1) is 0 Å². The van der Waals surface area contributed by atoms with Crippen LogP contribution in [0.3, 0.4) is 0 Å². The Morgan fingerprint density at radius 1 is 1.54 bits per heavy atom. The summed E-state index contributed by atoms with van der Waals surface area (Å²) in [6.07, 6.45) is 0.0713. The molecule has 0 saturated carbocycles. The second-order valence-corrected chi connectivity index (χ2v) is 3.60. The van der Waals surface area contributed by atoms with Gasteiger partial charge in [-0.3, -0.25) is 9.59 Å². The first kappa shape index (κ1) is 11.9. The summed E-state index contributed by atoms with van der Waals surface area (Å²) >= 11 is 0.